The summed E-state index contributed by atoms with van der Waals surface area (Å²) in [6.07, 6.45) is 0.249. The first kappa shape index (κ1) is 16.1. The molecule has 0 aromatic heterocycles. The van der Waals surface area contributed by atoms with Gasteiger partial charge in [-0.25, -0.2) is 0 Å². The average Bonchev–Trinajstić information content (AvgIpc) is 2.37. The van der Waals surface area contributed by atoms with Crippen LogP contribution in [0, 0.1) is 10.1 Å². The molecule has 0 saturated heterocycles. The van der Waals surface area contributed by atoms with Gasteiger partial charge in [-0.3, -0.25) is 19.7 Å². The van der Waals surface area contributed by atoms with Crippen molar-refractivity contribution in [2.24, 2.45) is 0 Å². The third-order valence-corrected chi connectivity index (χ3v) is 3.50. The number of nitrogens with one attached hydrogen (secondary N) is 1. The molecule has 0 radical (unpaired) electrons. The Bertz CT molecular complexity index is 547. The van der Waals surface area contributed by atoms with Crippen molar-refractivity contribution in [1.29, 1.82) is 0 Å². The number of carboxylic acid groups (broad SMARTS) is 1. The van der Waals surface area contributed by atoms with E-state index in [1.165, 1.54) is 18.2 Å². The lowest BCUT2D eigenvalue weighted by Gasteiger charge is -2.15. The highest BCUT2D eigenvalue weighted by molar-refractivity contribution is 9.10. The first-order chi connectivity index (χ1) is 9.36. The predicted octanol–water partition coefficient (Wildman–Crippen LogP) is 2.34. The van der Waals surface area contributed by atoms with Gasteiger partial charge in [0, 0.05) is 12.1 Å². The van der Waals surface area contributed by atoms with Crippen molar-refractivity contribution in [2.45, 2.75) is 25.8 Å². The smallest absolute Gasteiger partial charge is 0.305 e. The monoisotopic (exact) mass is 344 g/mol. The molecule has 1 atom stereocenters. The van der Waals surface area contributed by atoms with Gasteiger partial charge < -0.3 is 10.4 Å². The van der Waals surface area contributed by atoms with E-state index < -0.39 is 22.8 Å². The number of carboxylic acids is 1. The van der Waals surface area contributed by atoms with Crippen molar-refractivity contribution >= 4 is 33.5 Å². The number of nitrogens with zero attached hydrogens (tertiary/aromatic N) is 1. The Kier molecular flexibility index (Phi) is 5.63. The number of amides is 1. The zero-order chi connectivity index (χ0) is 15.3. The minimum absolute atomic E-state index is 0.0766. The molecule has 0 heterocycles. The number of halogens is 1. The van der Waals surface area contributed by atoms with Crippen LogP contribution in [0.5, 0.6) is 0 Å². The Hall–Kier alpha value is -1.96. The number of aliphatic carboxylic acids is 1. The molecule has 108 valence electrons. The highest BCUT2D eigenvalue weighted by Gasteiger charge is 2.21. The van der Waals surface area contributed by atoms with Crippen molar-refractivity contribution in [2.75, 3.05) is 0 Å². The third kappa shape index (κ3) is 4.02. The van der Waals surface area contributed by atoms with Crippen LogP contribution < -0.4 is 5.32 Å². The zero-order valence-corrected chi connectivity index (χ0v) is 12.2. The minimum Gasteiger partial charge on any atom is -0.481 e. The number of nitro groups is 1. The highest BCUT2D eigenvalue weighted by atomic mass is 79.9. The van der Waals surface area contributed by atoms with Gasteiger partial charge in [0.05, 0.1) is 16.9 Å². The summed E-state index contributed by atoms with van der Waals surface area (Å²) in [6.45, 7) is 1.75. The lowest BCUT2D eigenvalue weighted by molar-refractivity contribution is -0.385. The van der Waals surface area contributed by atoms with Crippen LogP contribution in [0.4, 0.5) is 5.69 Å². The van der Waals surface area contributed by atoms with E-state index in [2.05, 4.69) is 21.2 Å². The van der Waals surface area contributed by atoms with Gasteiger partial charge in [0.1, 0.15) is 4.47 Å². The molecule has 20 heavy (non-hydrogen) atoms. The molecular formula is C12H13BrN2O5. The average molecular weight is 345 g/mol. The Labute approximate surface area is 123 Å². The standard InChI is InChI=1S/C12H13BrN2O5/c1-2-7(6-10(16)17)14-12(18)8-4-3-5-9(11(8)13)15(19)20/h3-5,7H,2,6H2,1H3,(H,14,18)(H,16,17). The fourth-order valence-electron chi connectivity index (χ4n) is 1.61. The molecule has 0 bridgehead atoms. The van der Waals surface area contributed by atoms with Crippen LogP contribution in [0.15, 0.2) is 22.7 Å². The molecule has 1 rings (SSSR count). The molecule has 8 heteroatoms. The van der Waals surface area contributed by atoms with Gasteiger partial charge >= 0.3 is 5.97 Å². The van der Waals surface area contributed by atoms with Crippen molar-refractivity contribution in [3.05, 3.63) is 38.3 Å². The van der Waals surface area contributed by atoms with Crippen LogP contribution in [0.3, 0.4) is 0 Å². The molecule has 0 fully saturated rings. The second-order valence-corrected chi connectivity index (χ2v) is 4.87. The number of carbonyl (C=O) groups excluding carboxylic acids is 1. The summed E-state index contributed by atoms with van der Waals surface area (Å²) in [4.78, 5) is 32.9. The molecule has 0 spiro atoms. The van der Waals surface area contributed by atoms with Crippen LogP contribution in [0.2, 0.25) is 0 Å². The molecule has 1 unspecified atom stereocenters. The maximum Gasteiger partial charge on any atom is 0.305 e. The Morgan fingerprint density at radius 3 is 2.65 bits per heavy atom. The van der Waals surface area contributed by atoms with Gasteiger partial charge in [0.15, 0.2) is 0 Å². The lowest BCUT2D eigenvalue weighted by Crippen LogP contribution is -2.36. The fraction of sp³-hybridized carbons (Fsp3) is 0.333. The number of nitro benzene ring substituents is 1. The van der Waals surface area contributed by atoms with Gasteiger partial charge in [0.25, 0.3) is 11.6 Å². The van der Waals surface area contributed by atoms with E-state index in [9.17, 15) is 19.7 Å². The van der Waals surface area contributed by atoms with Gasteiger partial charge in [-0.05, 0) is 28.4 Å². The number of hydrogen-bond donors (Lipinski definition) is 2. The summed E-state index contributed by atoms with van der Waals surface area (Å²) in [5, 5.41) is 22.1. The predicted molar refractivity (Wildman–Crippen MR) is 74.6 cm³/mol. The molecule has 1 aromatic rings. The summed E-state index contributed by atoms with van der Waals surface area (Å²) in [7, 11) is 0. The highest BCUT2D eigenvalue weighted by Crippen LogP contribution is 2.28. The van der Waals surface area contributed by atoms with Gasteiger partial charge in [-0.15, -0.1) is 0 Å². The Morgan fingerprint density at radius 1 is 1.50 bits per heavy atom. The van der Waals surface area contributed by atoms with E-state index in [4.69, 9.17) is 5.11 Å². The van der Waals surface area contributed by atoms with Crippen LogP contribution in [-0.4, -0.2) is 27.9 Å². The third-order valence-electron chi connectivity index (χ3n) is 2.67. The molecule has 7 nitrogen and oxygen atoms in total. The number of rotatable bonds is 6. The number of benzene rings is 1. The Balaban J connectivity index is 2.95. The van der Waals surface area contributed by atoms with Crippen molar-refractivity contribution in [1.82, 2.24) is 5.32 Å². The van der Waals surface area contributed by atoms with E-state index in [-0.39, 0.29) is 22.1 Å². The van der Waals surface area contributed by atoms with Gasteiger partial charge in [-0.1, -0.05) is 13.0 Å². The lowest BCUT2D eigenvalue weighted by atomic mass is 10.1. The van der Waals surface area contributed by atoms with Crippen molar-refractivity contribution in [3.8, 4) is 0 Å². The van der Waals surface area contributed by atoms with Crippen LogP contribution in [-0.2, 0) is 4.79 Å². The van der Waals surface area contributed by atoms with Crippen molar-refractivity contribution in [3.63, 3.8) is 0 Å². The maximum atomic E-state index is 12.0. The quantitative estimate of drug-likeness (QED) is 0.607. The van der Waals surface area contributed by atoms with E-state index in [1.54, 1.807) is 6.92 Å². The summed E-state index contributed by atoms with van der Waals surface area (Å²) in [6, 6.07) is 3.58. The molecule has 0 aliphatic carbocycles. The number of hydrogen-bond acceptors (Lipinski definition) is 4. The van der Waals surface area contributed by atoms with E-state index in [1.807, 2.05) is 0 Å². The largest absolute Gasteiger partial charge is 0.481 e. The SMILES string of the molecule is CCC(CC(=O)O)NC(=O)c1cccc([N+](=O)[O-])c1Br. The normalized spacial score (nSPS) is 11.7. The first-order valence-electron chi connectivity index (χ1n) is 5.82. The van der Waals surface area contributed by atoms with E-state index in [0.29, 0.717) is 6.42 Å². The second-order valence-electron chi connectivity index (χ2n) is 4.07. The first-order valence-corrected chi connectivity index (χ1v) is 6.61. The summed E-state index contributed by atoms with van der Waals surface area (Å²) in [5.74, 6) is -1.57. The molecule has 2 N–H and O–H groups in total. The summed E-state index contributed by atoms with van der Waals surface area (Å²) >= 11 is 3.03. The number of carbonyl (C=O) groups is 2. The van der Waals surface area contributed by atoms with Crippen molar-refractivity contribution < 1.29 is 19.6 Å². The topological polar surface area (TPSA) is 110 Å². The molecule has 0 saturated carbocycles. The summed E-state index contributed by atoms with van der Waals surface area (Å²) < 4.78 is 0.0766. The van der Waals surface area contributed by atoms with E-state index in [0.717, 1.165) is 0 Å². The minimum atomic E-state index is -1.02. The van der Waals surface area contributed by atoms with Crippen LogP contribution in [0.1, 0.15) is 30.1 Å². The Morgan fingerprint density at radius 2 is 2.15 bits per heavy atom. The van der Waals surface area contributed by atoms with Crippen LogP contribution >= 0.6 is 15.9 Å². The van der Waals surface area contributed by atoms with E-state index >= 15 is 0 Å². The van der Waals surface area contributed by atoms with Gasteiger partial charge in [-0.2, -0.15) is 0 Å². The van der Waals surface area contributed by atoms with Crippen LogP contribution in [0.25, 0.3) is 0 Å². The molecule has 0 aliphatic heterocycles. The molecular weight excluding hydrogens is 332 g/mol. The fourth-order valence-corrected chi connectivity index (χ4v) is 2.20. The zero-order valence-electron chi connectivity index (χ0n) is 10.6. The molecule has 1 aromatic carbocycles. The second kappa shape index (κ2) is 6.99. The van der Waals surface area contributed by atoms with Gasteiger partial charge in [0.2, 0.25) is 0 Å². The summed E-state index contributed by atoms with van der Waals surface area (Å²) in [5.41, 5.74) is -0.119. The molecule has 0 aliphatic rings. The maximum absolute atomic E-state index is 12.0. The molecule has 1 amide bonds.